The van der Waals surface area contributed by atoms with Crippen molar-refractivity contribution in [3.05, 3.63) is 18.0 Å². The Labute approximate surface area is 114 Å². The Morgan fingerprint density at radius 3 is 3.05 bits per heavy atom. The maximum atomic E-state index is 12.0. The molecule has 1 aromatic heterocycles. The Kier molecular flexibility index (Phi) is 3.58. The third-order valence-electron chi connectivity index (χ3n) is 4.90. The second-order valence-corrected chi connectivity index (χ2v) is 6.05. The second-order valence-electron chi connectivity index (χ2n) is 6.05. The van der Waals surface area contributed by atoms with Crippen LogP contribution in [0.3, 0.4) is 0 Å². The number of hydrogen-bond acceptors (Lipinski definition) is 2. The lowest BCUT2D eigenvalue weighted by molar-refractivity contribution is -0.122. The quantitative estimate of drug-likeness (QED) is 0.884. The fourth-order valence-corrected chi connectivity index (χ4v) is 3.92. The molecule has 0 aliphatic heterocycles. The van der Waals surface area contributed by atoms with Gasteiger partial charge in [-0.15, -0.1) is 0 Å². The first-order valence-corrected chi connectivity index (χ1v) is 7.53. The Morgan fingerprint density at radius 2 is 2.37 bits per heavy atom. The molecule has 1 amide bonds. The summed E-state index contributed by atoms with van der Waals surface area (Å²) in [5, 5.41) is 7.26. The van der Waals surface area contributed by atoms with Crippen LogP contribution >= 0.6 is 0 Å². The molecule has 2 aliphatic rings. The molecule has 2 fully saturated rings. The summed E-state index contributed by atoms with van der Waals surface area (Å²) in [6, 6.07) is 1.97. The van der Waals surface area contributed by atoms with Crippen LogP contribution < -0.4 is 5.32 Å². The van der Waals surface area contributed by atoms with Crippen molar-refractivity contribution in [2.24, 2.45) is 17.8 Å². The number of aromatic nitrogens is 2. The fraction of sp³-hybridized carbons (Fsp3) is 0.733. The predicted molar refractivity (Wildman–Crippen MR) is 73.3 cm³/mol. The molecule has 0 radical (unpaired) electrons. The average molecular weight is 261 g/mol. The summed E-state index contributed by atoms with van der Waals surface area (Å²) >= 11 is 0. The van der Waals surface area contributed by atoms with E-state index in [4.69, 9.17) is 0 Å². The van der Waals surface area contributed by atoms with Gasteiger partial charge in [0.15, 0.2) is 0 Å². The van der Waals surface area contributed by atoms with E-state index in [0.717, 1.165) is 30.5 Å². The standard InChI is InChI=1S/C15H23N3O/c1-2-18-14(5-6-17-18)10-16-15(19)9-13-8-11-3-4-12(13)7-11/h5-6,11-13H,2-4,7-10H2,1H3,(H,16,19). The number of hydrogen-bond donors (Lipinski definition) is 1. The van der Waals surface area contributed by atoms with E-state index in [2.05, 4.69) is 17.3 Å². The van der Waals surface area contributed by atoms with Gasteiger partial charge in [-0.2, -0.15) is 5.10 Å². The molecular formula is C15H23N3O. The van der Waals surface area contributed by atoms with Gasteiger partial charge < -0.3 is 5.32 Å². The maximum absolute atomic E-state index is 12.0. The van der Waals surface area contributed by atoms with Crippen molar-refractivity contribution in [1.82, 2.24) is 15.1 Å². The van der Waals surface area contributed by atoms with Crippen molar-refractivity contribution in [1.29, 1.82) is 0 Å². The molecule has 3 atom stereocenters. The zero-order chi connectivity index (χ0) is 13.2. The molecule has 0 aromatic carbocycles. The topological polar surface area (TPSA) is 46.9 Å². The van der Waals surface area contributed by atoms with Crippen molar-refractivity contribution in [2.75, 3.05) is 0 Å². The number of carbonyl (C=O) groups excluding carboxylic acids is 1. The molecular weight excluding hydrogens is 238 g/mol. The van der Waals surface area contributed by atoms with Crippen molar-refractivity contribution in [3.8, 4) is 0 Å². The summed E-state index contributed by atoms with van der Waals surface area (Å²) < 4.78 is 1.93. The molecule has 2 bridgehead atoms. The minimum Gasteiger partial charge on any atom is -0.350 e. The van der Waals surface area contributed by atoms with E-state index in [1.807, 2.05) is 10.7 Å². The summed E-state index contributed by atoms with van der Waals surface area (Å²) in [5.41, 5.74) is 1.09. The van der Waals surface area contributed by atoms with Gasteiger partial charge in [-0.25, -0.2) is 0 Å². The Balaban J connectivity index is 1.47. The number of carbonyl (C=O) groups is 1. The van der Waals surface area contributed by atoms with Crippen LogP contribution in [-0.4, -0.2) is 15.7 Å². The van der Waals surface area contributed by atoms with Crippen LogP contribution in [0.15, 0.2) is 12.3 Å². The molecule has 1 aromatic rings. The fourth-order valence-electron chi connectivity index (χ4n) is 3.92. The SMILES string of the molecule is CCn1nccc1CNC(=O)CC1CC2CCC1C2. The van der Waals surface area contributed by atoms with E-state index in [9.17, 15) is 4.79 Å². The zero-order valence-electron chi connectivity index (χ0n) is 11.6. The van der Waals surface area contributed by atoms with E-state index >= 15 is 0 Å². The zero-order valence-corrected chi connectivity index (χ0v) is 11.6. The molecule has 0 saturated heterocycles. The molecule has 19 heavy (non-hydrogen) atoms. The summed E-state index contributed by atoms with van der Waals surface area (Å²) in [6.07, 6.45) is 7.93. The molecule has 3 rings (SSSR count). The number of amides is 1. The lowest BCUT2D eigenvalue weighted by Crippen LogP contribution is -2.27. The summed E-state index contributed by atoms with van der Waals surface area (Å²) in [7, 11) is 0. The summed E-state index contributed by atoms with van der Waals surface area (Å²) in [4.78, 5) is 12.0. The average Bonchev–Trinajstić information content (AvgIpc) is 3.11. The van der Waals surface area contributed by atoms with Gasteiger partial charge in [0.25, 0.3) is 0 Å². The highest BCUT2D eigenvalue weighted by molar-refractivity contribution is 5.76. The molecule has 2 saturated carbocycles. The van der Waals surface area contributed by atoms with E-state index in [-0.39, 0.29) is 5.91 Å². The molecule has 0 spiro atoms. The van der Waals surface area contributed by atoms with Crippen LogP contribution in [0.2, 0.25) is 0 Å². The summed E-state index contributed by atoms with van der Waals surface area (Å²) in [5.74, 6) is 2.61. The highest BCUT2D eigenvalue weighted by atomic mass is 16.1. The van der Waals surface area contributed by atoms with Crippen LogP contribution in [0.25, 0.3) is 0 Å². The Morgan fingerprint density at radius 1 is 1.47 bits per heavy atom. The van der Waals surface area contributed by atoms with Gasteiger partial charge in [-0.3, -0.25) is 9.48 Å². The monoisotopic (exact) mass is 261 g/mol. The van der Waals surface area contributed by atoms with Crippen LogP contribution in [0.4, 0.5) is 0 Å². The van der Waals surface area contributed by atoms with Gasteiger partial charge in [0, 0.05) is 19.2 Å². The smallest absolute Gasteiger partial charge is 0.220 e. The van der Waals surface area contributed by atoms with E-state index in [1.54, 1.807) is 6.20 Å². The number of nitrogens with one attached hydrogen (secondary N) is 1. The second kappa shape index (κ2) is 5.35. The number of fused-ring (bicyclic) bond motifs is 2. The molecule has 104 valence electrons. The Hall–Kier alpha value is -1.32. The maximum Gasteiger partial charge on any atom is 0.220 e. The van der Waals surface area contributed by atoms with Gasteiger partial charge >= 0.3 is 0 Å². The highest BCUT2D eigenvalue weighted by Crippen LogP contribution is 2.49. The van der Waals surface area contributed by atoms with Gasteiger partial charge in [-0.1, -0.05) is 6.42 Å². The number of rotatable bonds is 5. The van der Waals surface area contributed by atoms with Crippen molar-refractivity contribution < 1.29 is 4.79 Å². The van der Waals surface area contributed by atoms with Gasteiger partial charge in [0.2, 0.25) is 5.91 Å². The minimum absolute atomic E-state index is 0.210. The molecule has 1 heterocycles. The number of aryl methyl sites for hydroxylation is 1. The largest absolute Gasteiger partial charge is 0.350 e. The molecule has 4 heteroatoms. The van der Waals surface area contributed by atoms with Gasteiger partial charge in [0.05, 0.1) is 12.2 Å². The summed E-state index contributed by atoms with van der Waals surface area (Å²) in [6.45, 7) is 3.52. The van der Waals surface area contributed by atoms with Crippen LogP contribution in [0.5, 0.6) is 0 Å². The van der Waals surface area contributed by atoms with Crippen molar-refractivity contribution in [3.63, 3.8) is 0 Å². The van der Waals surface area contributed by atoms with Crippen molar-refractivity contribution >= 4 is 5.91 Å². The number of nitrogens with zero attached hydrogens (tertiary/aromatic N) is 2. The first-order chi connectivity index (χ1) is 9.26. The van der Waals surface area contributed by atoms with Crippen molar-refractivity contribution in [2.45, 2.75) is 52.1 Å². The van der Waals surface area contributed by atoms with Crippen LogP contribution in [0.1, 0.15) is 44.7 Å². The predicted octanol–water partition coefficient (Wildman–Crippen LogP) is 2.35. The first kappa shape index (κ1) is 12.7. The lowest BCUT2D eigenvalue weighted by Gasteiger charge is -2.20. The minimum atomic E-state index is 0.210. The normalized spacial score (nSPS) is 28.8. The van der Waals surface area contributed by atoms with E-state index in [1.165, 1.54) is 25.7 Å². The lowest BCUT2D eigenvalue weighted by atomic mass is 9.86. The van der Waals surface area contributed by atoms with Crippen LogP contribution in [0, 0.1) is 17.8 Å². The molecule has 1 N–H and O–H groups in total. The third kappa shape index (κ3) is 2.67. The van der Waals surface area contributed by atoms with E-state index in [0.29, 0.717) is 12.5 Å². The first-order valence-electron chi connectivity index (χ1n) is 7.53. The molecule has 2 aliphatic carbocycles. The Bertz CT molecular complexity index is 454. The highest BCUT2D eigenvalue weighted by Gasteiger charge is 2.39. The van der Waals surface area contributed by atoms with Crippen LogP contribution in [-0.2, 0) is 17.9 Å². The van der Waals surface area contributed by atoms with E-state index < -0.39 is 0 Å². The molecule has 4 nitrogen and oxygen atoms in total. The van der Waals surface area contributed by atoms with Gasteiger partial charge in [0.1, 0.15) is 0 Å². The third-order valence-corrected chi connectivity index (χ3v) is 4.90. The van der Waals surface area contributed by atoms with Gasteiger partial charge in [-0.05, 0) is 50.0 Å². The molecule has 3 unspecified atom stereocenters.